The van der Waals surface area contributed by atoms with Crippen LogP contribution in [-0.4, -0.2) is 52.4 Å². The number of benzene rings is 3. The molecule has 0 fully saturated rings. The zero-order valence-electron chi connectivity index (χ0n) is 21.9. The number of anilines is 1. The fourth-order valence-corrected chi connectivity index (χ4v) is 5.38. The molecule has 0 spiro atoms. The summed E-state index contributed by atoms with van der Waals surface area (Å²) in [5, 5.41) is 0. The van der Waals surface area contributed by atoms with Crippen molar-refractivity contribution in [1.82, 2.24) is 19.8 Å². The van der Waals surface area contributed by atoms with Crippen LogP contribution in [0.3, 0.4) is 0 Å². The summed E-state index contributed by atoms with van der Waals surface area (Å²) in [6.07, 6.45) is 4.48. The summed E-state index contributed by atoms with van der Waals surface area (Å²) in [6.45, 7) is 4.58. The average Bonchev–Trinajstić information content (AvgIpc) is 3.35. The van der Waals surface area contributed by atoms with Crippen LogP contribution in [0, 0.1) is 0 Å². The SMILES string of the molecule is CC(=O)N1Cc2cc(-c3ccccc3CN(C)C)ccc2N(Cc2c[nH]cn2)C[C@H]1Cc1ccccc1. The molecule has 190 valence electrons. The topological polar surface area (TPSA) is 55.5 Å². The number of carbonyl (C=O) groups excluding carboxylic acids is 1. The monoisotopic (exact) mass is 493 g/mol. The smallest absolute Gasteiger partial charge is 0.220 e. The van der Waals surface area contributed by atoms with Gasteiger partial charge in [-0.15, -0.1) is 0 Å². The number of amides is 1. The average molecular weight is 494 g/mol. The fourth-order valence-electron chi connectivity index (χ4n) is 5.38. The lowest BCUT2D eigenvalue weighted by molar-refractivity contribution is -0.131. The second kappa shape index (κ2) is 11.0. The molecule has 4 aromatic rings. The Morgan fingerprint density at radius 1 is 1.05 bits per heavy atom. The number of nitrogens with zero attached hydrogens (tertiary/aromatic N) is 4. The summed E-state index contributed by atoms with van der Waals surface area (Å²) in [4.78, 5) is 27.2. The lowest BCUT2D eigenvalue weighted by Gasteiger charge is -2.32. The molecule has 2 heterocycles. The van der Waals surface area contributed by atoms with Gasteiger partial charge in [0.25, 0.3) is 0 Å². The first-order valence-corrected chi connectivity index (χ1v) is 12.9. The van der Waals surface area contributed by atoms with Gasteiger partial charge in [0.05, 0.1) is 24.6 Å². The highest BCUT2D eigenvalue weighted by Gasteiger charge is 2.30. The number of carbonyl (C=O) groups is 1. The van der Waals surface area contributed by atoms with E-state index in [1.807, 2.05) is 17.2 Å². The van der Waals surface area contributed by atoms with Gasteiger partial charge in [0.2, 0.25) is 5.91 Å². The molecule has 0 radical (unpaired) electrons. The van der Waals surface area contributed by atoms with Crippen molar-refractivity contribution >= 4 is 11.6 Å². The first-order valence-electron chi connectivity index (χ1n) is 12.9. The van der Waals surface area contributed by atoms with Crippen LogP contribution in [0.5, 0.6) is 0 Å². The highest BCUT2D eigenvalue weighted by molar-refractivity contribution is 5.76. The van der Waals surface area contributed by atoms with Gasteiger partial charge in [-0.25, -0.2) is 4.98 Å². The van der Waals surface area contributed by atoms with Gasteiger partial charge < -0.3 is 19.7 Å². The first-order chi connectivity index (χ1) is 18.0. The molecule has 3 aromatic carbocycles. The van der Waals surface area contributed by atoms with Gasteiger partial charge in [-0.2, -0.15) is 0 Å². The third-order valence-electron chi connectivity index (χ3n) is 7.07. The Hall–Kier alpha value is -3.90. The summed E-state index contributed by atoms with van der Waals surface area (Å²) in [7, 11) is 4.19. The molecule has 1 N–H and O–H groups in total. The normalized spacial score (nSPS) is 15.5. The molecule has 1 aliphatic rings. The summed E-state index contributed by atoms with van der Waals surface area (Å²) in [6, 6.07) is 25.8. The van der Waals surface area contributed by atoms with Gasteiger partial charge in [0.15, 0.2) is 0 Å². The number of nitrogens with one attached hydrogen (secondary N) is 1. The van der Waals surface area contributed by atoms with Crippen LogP contribution in [0.4, 0.5) is 5.69 Å². The van der Waals surface area contributed by atoms with Crippen molar-refractivity contribution in [3.63, 3.8) is 0 Å². The summed E-state index contributed by atoms with van der Waals surface area (Å²) in [5.74, 6) is 0.104. The predicted molar refractivity (Wildman–Crippen MR) is 149 cm³/mol. The van der Waals surface area contributed by atoms with Gasteiger partial charge in [0.1, 0.15) is 0 Å². The lowest BCUT2D eigenvalue weighted by atomic mass is 9.96. The van der Waals surface area contributed by atoms with Gasteiger partial charge >= 0.3 is 0 Å². The van der Waals surface area contributed by atoms with E-state index in [1.165, 1.54) is 33.5 Å². The fraction of sp³-hybridized carbons (Fsp3) is 0.290. The molecule has 1 atom stereocenters. The van der Waals surface area contributed by atoms with Crippen molar-refractivity contribution in [1.29, 1.82) is 0 Å². The van der Waals surface area contributed by atoms with Gasteiger partial charge in [-0.1, -0.05) is 60.7 Å². The number of rotatable bonds is 7. The van der Waals surface area contributed by atoms with Gasteiger partial charge in [0, 0.05) is 38.4 Å². The van der Waals surface area contributed by atoms with Crippen molar-refractivity contribution in [2.24, 2.45) is 0 Å². The molecule has 1 aliphatic heterocycles. The van der Waals surface area contributed by atoms with Crippen LogP contribution in [0.1, 0.15) is 29.3 Å². The Balaban J connectivity index is 1.56. The van der Waals surface area contributed by atoms with E-state index in [2.05, 4.69) is 101 Å². The van der Waals surface area contributed by atoms with E-state index in [4.69, 9.17) is 0 Å². The highest BCUT2D eigenvalue weighted by atomic mass is 16.2. The Kier molecular flexibility index (Phi) is 7.37. The number of aromatic amines is 1. The first kappa shape index (κ1) is 24.8. The number of imidazole rings is 1. The molecule has 0 saturated heterocycles. The number of hydrogen-bond donors (Lipinski definition) is 1. The third-order valence-corrected chi connectivity index (χ3v) is 7.07. The second-order valence-corrected chi connectivity index (χ2v) is 10.2. The maximum Gasteiger partial charge on any atom is 0.220 e. The maximum absolute atomic E-state index is 13.0. The van der Waals surface area contributed by atoms with Crippen LogP contribution < -0.4 is 4.90 Å². The van der Waals surface area contributed by atoms with Crippen molar-refractivity contribution in [2.75, 3.05) is 25.5 Å². The van der Waals surface area contributed by atoms with E-state index < -0.39 is 0 Å². The van der Waals surface area contributed by atoms with E-state index in [0.717, 1.165) is 25.2 Å². The third kappa shape index (κ3) is 5.75. The summed E-state index contributed by atoms with van der Waals surface area (Å²) >= 11 is 0. The van der Waals surface area contributed by atoms with E-state index in [9.17, 15) is 4.79 Å². The van der Waals surface area contributed by atoms with E-state index in [-0.39, 0.29) is 11.9 Å². The zero-order valence-corrected chi connectivity index (χ0v) is 21.9. The van der Waals surface area contributed by atoms with Gasteiger partial charge in [-0.3, -0.25) is 4.79 Å². The molecular weight excluding hydrogens is 458 g/mol. The molecular formula is C31H35N5O. The minimum Gasteiger partial charge on any atom is -0.363 e. The molecule has 6 nitrogen and oxygen atoms in total. The van der Waals surface area contributed by atoms with Crippen molar-refractivity contribution in [2.45, 2.75) is 39.0 Å². The van der Waals surface area contributed by atoms with Crippen LogP contribution in [0.25, 0.3) is 11.1 Å². The molecule has 5 rings (SSSR count). The highest BCUT2D eigenvalue weighted by Crippen LogP contribution is 2.34. The molecule has 0 unspecified atom stereocenters. The summed E-state index contributed by atoms with van der Waals surface area (Å²) < 4.78 is 0. The molecule has 0 aliphatic carbocycles. The van der Waals surface area contributed by atoms with E-state index in [0.29, 0.717) is 13.1 Å². The van der Waals surface area contributed by atoms with Crippen LogP contribution in [0.15, 0.2) is 85.3 Å². The van der Waals surface area contributed by atoms with Crippen molar-refractivity contribution in [3.05, 3.63) is 108 Å². The van der Waals surface area contributed by atoms with Gasteiger partial charge in [-0.05, 0) is 60.5 Å². The van der Waals surface area contributed by atoms with Crippen LogP contribution in [-0.2, 0) is 30.8 Å². The Morgan fingerprint density at radius 2 is 1.84 bits per heavy atom. The number of hydrogen-bond acceptors (Lipinski definition) is 4. The molecule has 1 amide bonds. The minimum absolute atomic E-state index is 0.0516. The lowest BCUT2D eigenvalue weighted by Crippen LogP contribution is -2.44. The van der Waals surface area contributed by atoms with Crippen molar-refractivity contribution < 1.29 is 4.79 Å². The number of H-pyrrole nitrogens is 1. The predicted octanol–water partition coefficient (Wildman–Crippen LogP) is 5.12. The molecule has 6 heteroatoms. The number of aromatic nitrogens is 2. The van der Waals surface area contributed by atoms with E-state index in [1.54, 1.807) is 13.3 Å². The Morgan fingerprint density at radius 3 is 2.57 bits per heavy atom. The van der Waals surface area contributed by atoms with Crippen molar-refractivity contribution in [3.8, 4) is 11.1 Å². The molecule has 37 heavy (non-hydrogen) atoms. The minimum atomic E-state index is 0.0516. The largest absolute Gasteiger partial charge is 0.363 e. The van der Waals surface area contributed by atoms with Crippen LogP contribution in [0.2, 0.25) is 0 Å². The molecule has 0 saturated carbocycles. The standard InChI is InChI=1S/C31H35N5O/c1-23(37)36-19-27-16-25(30-12-8-7-11-26(30)18-34(2)3)13-14-31(27)35(20-28-17-32-22-33-28)21-29(36)15-24-9-5-4-6-10-24/h4-14,16-17,22,29H,15,18-21H2,1-3H3,(H,32,33)/t29-/m1/s1. The Labute approximate surface area is 219 Å². The molecule has 0 bridgehead atoms. The zero-order chi connectivity index (χ0) is 25.8. The van der Waals surface area contributed by atoms with E-state index >= 15 is 0 Å². The Bertz CT molecular complexity index is 1330. The number of fused-ring (bicyclic) bond motifs is 1. The second-order valence-electron chi connectivity index (χ2n) is 10.2. The molecule has 1 aromatic heterocycles. The maximum atomic E-state index is 13.0. The van der Waals surface area contributed by atoms with Crippen LogP contribution >= 0.6 is 0 Å². The quantitative estimate of drug-likeness (QED) is 0.388. The summed E-state index contributed by atoms with van der Waals surface area (Å²) in [5.41, 5.74) is 8.26.